The fraction of sp³-hybridized carbons (Fsp3) is 0.133. The highest BCUT2D eigenvalue weighted by molar-refractivity contribution is 6.04. The molecule has 0 saturated carbocycles. The maximum atomic E-state index is 13.5. The van der Waals surface area contributed by atoms with E-state index in [1.807, 2.05) is 30.3 Å². The van der Waals surface area contributed by atoms with Crippen molar-refractivity contribution in [2.24, 2.45) is 0 Å². The topological polar surface area (TPSA) is 26.3 Å². The summed E-state index contributed by atoms with van der Waals surface area (Å²) >= 11 is 0. The Morgan fingerprint density at radius 3 is 2.61 bits per heavy atom. The predicted molar refractivity (Wildman–Crippen MR) is 65.4 cm³/mol. The van der Waals surface area contributed by atoms with Gasteiger partial charge in [0.1, 0.15) is 6.61 Å². The highest BCUT2D eigenvalue weighted by Crippen LogP contribution is 2.33. The standard InChI is InChI=1S/C15H11FO2/c16-13-8-4-7-11-14(17)12(9-18-15(11)13)10-5-2-1-3-6-10/h1-8,12H,9H2/t12-/m1/s1. The molecule has 3 heteroatoms. The molecule has 1 aliphatic heterocycles. The molecule has 2 nitrogen and oxygen atoms in total. The third-order valence-corrected chi connectivity index (χ3v) is 3.15. The highest BCUT2D eigenvalue weighted by Gasteiger charge is 2.31. The van der Waals surface area contributed by atoms with Crippen LogP contribution in [-0.4, -0.2) is 12.4 Å². The number of ketones is 1. The molecule has 0 aromatic heterocycles. The molecular formula is C15H11FO2. The van der Waals surface area contributed by atoms with Gasteiger partial charge in [-0.2, -0.15) is 0 Å². The van der Waals surface area contributed by atoms with Gasteiger partial charge in [-0.15, -0.1) is 0 Å². The fourth-order valence-electron chi connectivity index (χ4n) is 2.21. The van der Waals surface area contributed by atoms with E-state index in [-0.39, 0.29) is 24.1 Å². The number of para-hydroxylation sites is 1. The molecule has 0 saturated heterocycles. The molecule has 0 radical (unpaired) electrons. The lowest BCUT2D eigenvalue weighted by molar-refractivity contribution is 0.0891. The second kappa shape index (κ2) is 4.26. The van der Waals surface area contributed by atoms with Crippen molar-refractivity contribution >= 4 is 5.78 Å². The average Bonchev–Trinajstić information content (AvgIpc) is 2.41. The van der Waals surface area contributed by atoms with Gasteiger partial charge in [-0.3, -0.25) is 4.79 Å². The molecule has 3 rings (SSSR count). The van der Waals surface area contributed by atoms with Crippen LogP contribution in [0.3, 0.4) is 0 Å². The van der Waals surface area contributed by atoms with Crippen molar-refractivity contribution in [3.8, 4) is 5.75 Å². The van der Waals surface area contributed by atoms with Gasteiger partial charge in [-0.05, 0) is 17.7 Å². The van der Waals surface area contributed by atoms with Gasteiger partial charge < -0.3 is 4.74 Å². The van der Waals surface area contributed by atoms with Crippen molar-refractivity contribution in [3.05, 3.63) is 65.5 Å². The first-order valence-corrected chi connectivity index (χ1v) is 5.78. The van der Waals surface area contributed by atoms with E-state index in [1.54, 1.807) is 6.07 Å². The first-order chi connectivity index (χ1) is 8.77. The van der Waals surface area contributed by atoms with Gasteiger partial charge in [0.2, 0.25) is 0 Å². The van der Waals surface area contributed by atoms with Gasteiger partial charge in [0, 0.05) is 0 Å². The maximum absolute atomic E-state index is 13.5. The van der Waals surface area contributed by atoms with Crippen molar-refractivity contribution in [2.75, 3.05) is 6.61 Å². The van der Waals surface area contributed by atoms with E-state index in [1.165, 1.54) is 12.1 Å². The summed E-state index contributed by atoms with van der Waals surface area (Å²) < 4.78 is 18.9. The molecule has 1 aliphatic rings. The largest absolute Gasteiger partial charge is 0.489 e. The molecule has 0 spiro atoms. The minimum atomic E-state index is -0.479. The van der Waals surface area contributed by atoms with Gasteiger partial charge in [0.25, 0.3) is 0 Å². The average molecular weight is 242 g/mol. The second-order valence-electron chi connectivity index (χ2n) is 4.26. The number of fused-ring (bicyclic) bond motifs is 1. The summed E-state index contributed by atoms with van der Waals surface area (Å²) in [5.74, 6) is -0.829. The van der Waals surface area contributed by atoms with Crippen LogP contribution in [0.4, 0.5) is 4.39 Å². The van der Waals surface area contributed by atoms with E-state index in [0.717, 1.165) is 5.56 Å². The van der Waals surface area contributed by atoms with Crippen LogP contribution in [0.5, 0.6) is 5.75 Å². The molecule has 0 amide bonds. The van der Waals surface area contributed by atoms with E-state index < -0.39 is 5.82 Å². The molecule has 90 valence electrons. The van der Waals surface area contributed by atoms with Gasteiger partial charge in [-0.25, -0.2) is 4.39 Å². The van der Waals surface area contributed by atoms with E-state index >= 15 is 0 Å². The van der Waals surface area contributed by atoms with Gasteiger partial charge >= 0.3 is 0 Å². The van der Waals surface area contributed by atoms with Crippen molar-refractivity contribution in [1.82, 2.24) is 0 Å². The Morgan fingerprint density at radius 2 is 1.83 bits per heavy atom. The number of rotatable bonds is 1. The van der Waals surface area contributed by atoms with Crippen LogP contribution in [0.1, 0.15) is 21.8 Å². The maximum Gasteiger partial charge on any atom is 0.177 e. The van der Waals surface area contributed by atoms with E-state index in [4.69, 9.17) is 4.74 Å². The summed E-state index contributed by atoms with van der Waals surface area (Å²) in [5.41, 5.74) is 1.23. The molecule has 0 unspecified atom stereocenters. The third-order valence-electron chi connectivity index (χ3n) is 3.15. The lowest BCUT2D eigenvalue weighted by Crippen LogP contribution is -2.26. The summed E-state index contributed by atoms with van der Waals surface area (Å²) in [6.07, 6.45) is 0. The molecule has 2 aromatic carbocycles. The Bertz CT molecular complexity index is 593. The van der Waals surface area contributed by atoms with Crippen molar-refractivity contribution in [1.29, 1.82) is 0 Å². The summed E-state index contributed by atoms with van der Waals surface area (Å²) in [5, 5.41) is 0. The van der Waals surface area contributed by atoms with Gasteiger partial charge in [0.05, 0.1) is 11.5 Å². The lowest BCUT2D eigenvalue weighted by atomic mass is 9.89. The quantitative estimate of drug-likeness (QED) is 0.767. The molecule has 0 fully saturated rings. The summed E-state index contributed by atoms with van der Waals surface area (Å²) in [4.78, 5) is 12.3. The number of hydrogen-bond acceptors (Lipinski definition) is 2. The number of carbonyl (C=O) groups excluding carboxylic acids is 1. The van der Waals surface area contributed by atoms with E-state index in [0.29, 0.717) is 5.56 Å². The van der Waals surface area contributed by atoms with Crippen molar-refractivity contribution in [2.45, 2.75) is 5.92 Å². The van der Waals surface area contributed by atoms with Crippen LogP contribution in [0.25, 0.3) is 0 Å². The lowest BCUT2D eigenvalue weighted by Gasteiger charge is -2.24. The summed E-state index contributed by atoms with van der Waals surface area (Å²) in [7, 11) is 0. The fourth-order valence-corrected chi connectivity index (χ4v) is 2.21. The van der Waals surface area contributed by atoms with Crippen LogP contribution in [0, 0.1) is 5.82 Å². The number of hydrogen-bond donors (Lipinski definition) is 0. The molecule has 2 aromatic rings. The van der Waals surface area contributed by atoms with E-state index in [9.17, 15) is 9.18 Å². The molecule has 0 bridgehead atoms. The number of Topliss-reactive ketones (excluding diaryl/α,β-unsaturated/α-hetero) is 1. The zero-order valence-electron chi connectivity index (χ0n) is 9.60. The van der Waals surface area contributed by atoms with Crippen LogP contribution in [0.2, 0.25) is 0 Å². The van der Waals surface area contributed by atoms with Crippen LogP contribution >= 0.6 is 0 Å². The third kappa shape index (κ3) is 1.68. The Morgan fingerprint density at radius 1 is 1.06 bits per heavy atom. The Balaban J connectivity index is 2.03. The molecule has 18 heavy (non-hydrogen) atoms. The first kappa shape index (κ1) is 11.0. The van der Waals surface area contributed by atoms with Crippen molar-refractivity contribution < 1.29 is 13.9 Å². The normalized spacial score (nSPS) is 18.1. The monoisotopic (exact) mass is 242 g/mol. The summed E-state index contributed by atoms with van der Waals surface area (Å²) in [6.45, 7) is 0.191. The first-order valence-electron chi connectivity index (χ1n) is 5.78. The Labute approximate surface area is 104 Å². The molecular weight excluding hydrogens is 231 g/mol. The minimum absolute atomic E-state index is 0.0784. The number of halogens is 1. The predicted octanol–water partition coefficient (Wildman–Crippen LogP) is 3.18. The molecule has 0 N–H and O–H groups in total. The SMILES string of the molecule is O=C1c2cccc(F)c2OC[C@@H]1c1ccccc1. The van der Waals surface area contributed by atoms with Crippen LogP contribution in [-0.2, 0) is 0 Å². The smallest absolute Gasteiger partial charge is 0.177 e. The minimum Gasteiger partial charge on any atom is -0.489 e. The number of benzene rings is 2. The molecule has 1 heterocycles. The molecule has 1 atom stereocenters. The zero-order valence-corrected chi connectivity index (χ0v) is 9.60. The Kier molecular flexibility index (Phi) is 2.59. The Hall–Kier alpha value is -2.16. The summed E-state index contributed by atoms with van der Waals surface area (Å²) in [6, 6.07) is 13.9. The van der Waals surface area contributed by atoms with Crippen molar-refractivity contribution in [3.63, 3.8) is 0 Å². The number of ether oxygens (including phenoxy) is 1. The zero-order chi connectivity index (χ0) is 12.5. The van der Waals surface area contributed by atoms with Gasteiger partial charge in [0.15, 0.2) is 17.3 Å². The second-order valence-corrected chi connectivity index (χ2v) is 4.26. The van der Waals surface area contributed by atoms with Crippen LogP contribution < -0.4 is 4.74 Å². The van der Waals surface area contributed by atoms with Crippen LogP contribution in [0.15, 0.2) is 48.5 Å². The van der Waals surface area contributed by atoms with Gasteiger partial charge in [-0.1, -0.05) is 36.4 Å². The highest BCUT2D eigenvalue weighted by atomic mass is 19.1. The molecule has 0 aliphatic carbocycles. The number of carbonyl (C=O) groups is 1. The van der Waals surface area contributed by atoms with E-state index in [2.05, 4.69) is 0 Å².